The predicted molar refractivity (Wildman–Crippen MR) is 73.2 cm³/mol. The van der Waals surface area contributed by atoms with Crippen molar-refractivity contribution in [2.75, 3.05) is 26.9 Å². The van der Waals surface area contributed by atoms with E-state index in [1.807, 2.05) is 12.1 Å². The van der Waals surface area contributed by atoms with Gasteiger partial charge in [-0.25, -0.2) is 0 Å². The van der Waals surface area contributed by atoms with Crippen LogP contribution < -0.4 is 19.9 Å². The Morgan fingerprint density at radius 2 is 2.00 bits per heavy atom. The van der Waals surface area contributed by atoms with Crippen molar-refractivity contribution < 1.29 is 14.2 Å². The topological polar surface area (TPSA) is 53.7 Å². The molecule has 1 fully saturated rings. The lowest BCUT2D eigenvalue weighted by molar-refractivity contribution is 0.227. The molecular formula is C15H21NO3. The molecule has 1 aliphatic heterocycles. The average molecular weight is 263 g/mol. The maximum absolute atomic E-state index is 6.04. The minimum Gasteiger partial charge on any atom is -0.496 e. The molecule has 0 saturated heterocycles. The minimum absolute atomic E-state index is 0.00435. The largest absolute Gasteiger partial charge is 0.496 e. The number of fused-ring (bicyclic) bond motifs is 1. The lowest BCUT2D eigenvalue weighted by atomic mass is 9.64. The van der Waals surface area contributed by atoms with Crippen LogP contribution in [0.3, 0.4) is 0 Å². The molecule has 104 valence electrons. The van der Waals surface area contributed by atoms with Crippen LogP contribution >= 0.6 is 0 Å². The molecule has 4 heteroatoms. The molecule has 0 unspecified atom stereocenters. The Morgan fingerprint density at radius 3 is 2.63 bits per heavy atom. The second kappa shape index (κ2) is 4.93. The first-order valence-electron chi connectivity index (χ1n) is 6.98. The standard InChI is InChI=1S/C15H21NO3/c1-17-11-4-5-12-14(19-9-3-8-18-12)13(11)15(10-16)6-2-7-15/h4-5H,2-3,6-10,16H2,1H3. The van der Waals surface area contributed by atoms with Gasteiger partial charge in [0.05, 0.1) is 20.3 Å². The third kappa shape index (κ3) is 1.94. The molecule has 1 aromatic carbocycles. The summed E-state index contributed by atoms with van der Waals surface area (Å²) < 4.78 is 17.3. The third-order valence-electron chi connectivity index (χ3n) is 4.33. The summed E-state index contributed by atoms with van der Waals surface area (Å²) in [4.78, 5) is 0. The fourth-order valence-corrected chi connectivity index (χ4v) is 3.05. The number of rotatable bonds is 3. The SMILES string of the molecule is COc1ccc2c(c1C1(CN)CCC1)OCCCO2. The van der Waals surface area contributed by atoms with Crippen molar-refractivity contribution in [1.29, 1.82) is 0 Å². The first-order valence-corrected chi connectivity index (χ1v) is 6.98. The van der Waals surface area contributed by atoms with E-state index in [4.69, 9.17) is 19.9 Å². The first-order chi connectivity index (χ1) is 9.30. The van der Waals surface area contributed by atoms with Crippen molar-refractivity contribution in [2.45, 2.75) is 31.1 Å². The van der Waals surface area contributed by atoms with Crippen molar-refractivity contribution in [2.24, 2.45) is 5.73 Å². The van der Waals surface area contributed by atoms with Crippen LogP contribution in [0.15, 0.2) is 12.1 Å². The lowest BCUT2D eigenvalue weighted by Gasteiger charge is -2.42. The van der Waals surface area contributed by atoms with E-state index in [1.54, 1.807) is 7.11 Å². The van der Waals surface area contributed by atoms with Crippen molar-refractivity contribution in [3.8, 4) is 17.2 Å². The Morgan fingerprint density at radius 1 is 1.21 bits per heavy atom. The summed E-state index contributed by atoms with van der Waals surface area (Å²) in [5.74, 6) is 2.55. The molecule has 3 rings (SSSR count). The molecule has 0 atom stereocenters. The van der Waals surface area contributed by atoms with Gasteiger partial charge in [-0.15, -0.1) is 0 Å². The van der Waals surface area contributed by atoms with Crippen molar-refractivity contribution in [3.63, 3.8) is 0 Å². The van der Waals surface area contributed by atoms with Crippen LogP contribution in [0.2, 0.25) is 0 Å². The predicted octanol–water partition coefficient (Wildman–Crippen LogP) is 2.24. The van der Waals surface area contributed by atoms with Gasteiger partial charge in [0.2, 0.25) is 0 Å². The normalized spacial score (nSPS) is 20.3. The van der Waals surface area contributed by atoms with Gasteiger partial charge in [-0.1, -0.05) is 6.42 Å². The van der Waals surface area contributed by atoms with E-state index >= 15 is 0 Å². The zero-order valence-electron chi connectivity index (χ0n) is 11.4. The summed E-state index contributed by atoms with van der Waals surface area (Å²) in [6.07, 6.45) is 4.32. The molecule has 0 aromatic heterocycles. The second-order valence-corrected chi connectivity index (χ2v) is 5.36. The summed E-state index contributed by atoms with van der Waals surface area (Å²) in [7, 11) is 1.70. The third-order valence-corrected chi connectivity index (χ3v) is 4.33. The van der Waals surface area contributed by atoms with Crippen LogP contribution in [0.4, 0.5) is 0 Å². The van der Waals surface area contributed by atoms with E-state index in [-0.39, 0.29) is 5.41 Å². The first kappa shape index (κ1) is 12.6. The van der Waals surface area contributed by atoms with Gasteiger partial charge in [-0.2, -0.15) is 0 Å². The Bertz CT molecular complexity index is 463. The van der Waals surface area contributed by atoms with Crippen LogP contribution in [-0.4, -0.2) is 26.9 Å². The zero-order valence-corrected chi connectivity index (χ0v) is 11.4. The van der Waals surface area contributed by atoms with Crippen molar-refractivity contribution >= 4 is 0 Å². The molecule has 2 aliphatic rings. The Kier molecular flexibility index (Phi) is 3.27. The minimum atomic E-state index is 0.00435. The number of nitrogens with two attached hydrogens (primary N) is 1. The fraction of sp³-hybridized carbons (Fsp3) is 0.600. The van der Waals surface area contributed by atoms with E-state index < -0.39 is 0 Å². The van der Waals surface area contributed by atoms with Gasteiger partial charge < -0.3 is 19.9 Å². The maximum Gasteiger partial charge on any atom is 0.168 e. The maximum atomic E-state index is 6.04. The smallest absolute Gasteiger partial charge is 0.168 e. The van der Waals surface area contributed by atoms with Gasteiger partial charge >= 0.3 is 0 Å². The second-order valence-electron chi connectivity index (χ2n) is 5.36. The molecule has 19 heavy (non-hydrogen) atoms. The fourth-order valence-electron chi connectivity index (χ4n) is 3.05. The number of hydrogen-bond donors (Lipinski definition) is 1. The number of benzene rings is 1. The molecular weight excluding hydrogens is 242 g/mol. The monoisotopic (exact) mass is 263 g/mol. The van der Waals surface area contributed by atoms with E-state index in [1.165, 1.54) is 6.42 Å². The van der Waals surface area contributed by atoms with E-state index in [2.05, 4.69) is 0 Å². The summed E-state index contributed by atoms with van der Waals surface area (Å²) in [5.41, 5.74) is 7.16. The molecule has 0 bridgehead atoms. The quantitative estimate of drug-likeness (QED) is 0.908. The average Bonchev–Trinajstić information content (AvgIpc) is 2.63. The van der Waals surface area contributed by atoms with Crippen molar-refractivity contribution in [3.05, 3.63) is 17.7 Å². The van der Waals surface area contributed by atoms with Gasteiger partial charge in [0.1, 0.15) is 5.75 Å². The molecule has 0 amide bonds. The summed E-state index contributed by atoms with van der Waals surface area (Å²) in [5, 5.41) is 0. The highest BCUT2D eigenvalue weighted by atomic mass is 16.5. The number of ether oxygens (including phenoxy) is 3. The highest BCUT2D eigenvalue weighted by molar-refractivity contribution is 5.58. The Balaban J connectivity index is 2.14. The molecule has 1 aromatic rings. The molecule has 1 heterocycles. The number of hydrogen-bond acceptors (Lipinski definition) is 4. The summed E-state index contributed by atoms with van der Waals surface area (Å²) in [6.45, 7) is 2.02. The molecule has 0 spiro atoms. The van der Waals surface area contributed by atoms with E-state index in [0.29, 0.717) is 19.8 Å². The summed E-state index contributed by atoms with van der Waals surface area (Å²) in [6, 6.07) is 3.91. The van der Waals surface area contributed by atoms with E-state index in [0.717, 1.165) is 42.1 Å². The Labute approximate surface area is 113 Å². The molecule has 0 radical (unpaired) electrons. The van der Waals surface area contributed by atoms with Crippen molar-refractivity contribution in [1.82, 2.24) is 0 Å². The molecule has 2 N–H and O–H groups in total. The molecule has 1 aliphatic carbocycles. The molecule has 1 saturated carbocycles. The Hall–Kier alpha value is -1.42. The van der Waals surface area contributed by atoms with Crippen LogP contribution in [-0.2, 0) is 5.41 Å². The molecule has 4 nitrogen and oxygen atoms in total. The van der Waals surface area contributed by atoms with Gasteiger partial charge in [-0.05, 0) is 25.0 Å². The van der Waals surface area contributed by atoms with Crippen LogP contribution in [0.5, 0.6) is 17.2 Å². The van der Waals surface area contributed by atoms with Crippen LogP contribution in [0.1, 0.15) is 31.2 Å². The van der Waals surface area contributed by atoms with Gasteiger partial charge in [0, 0.05) is 23.9 Å². The van der Waals surface area contributed by atoms with Crippen LogP contribution in [0.25, 0.3) is 0 Å². The van der Waals surface area contributed by atoms with Gasteiger partial charge in [0.15, 0.2) is 11.5 Å². The van der Waals surface area contributed by atoms with Gasteiger partial charge in [-0.3, -0.25) is 0 Å². The summed E-state index contributed by atoms with van der Waals surface area (Å²) >= 11 is 0. The highest BCUT2D eigenvalue weighted by Gasteiger charge is 2.43. The highest BCUT2D eigenvalue weighted by Crippen LogP contribution is 2.53. The van der Waals surface area contributed by atoms with Gasteiger partial charge in [0.25, 0.3) is 0 Å². The number of methoxy groups -OCH3 is 1. The van der Waals surface area contributed by atoms with E-state index in [9.17, 15) is 0 Å². The van der Waals surface area contributed by atoms with Crippen LogP contribution in [0, 0.1) is 0 Å². The lowest BCUT2D eigenvalue weighted by Crippen LogP contribution is -2.42. The zero-order chi connectivity index (χ0) is 13.3.